The Balaban J connectivity index is 1.54. The molecule has 5 atom stereocenters. The lowest BCUT2D eigenvalue weighted by atomic mass is 9.92. The molecule has 4 rings (SSSR count). The molecule has 5 N–H and O–H groups in total. The van der Waals surface area contributed by atoms with Gasteiger partial charge in [0.1, 0.15) is 23.5 Å². The number of fused-ring (bicyclic) bond motifs is 1. The molecular formula is C32H40N6O4. The molecule has 1 aromatic heterocycles. The van der Waals surface area contributed by atoms with Crippen LogP contribution in [-0.2, 0) is 9.59 Å². The normalized spacial score (nSPS) is 17.6. The highest BCUT2D eigenvalue weighted by atomic mass is 16.5. The van der Waals surface area contributed by atoms with E-state index < -0.39 is 29.9 Å². The molecule has 10 nitrogen and oxygen atoms in total. The molecule has 0 saturated carbocycles. The number of benzene rings is 2. The van der Waals surface area contributed by atoms with Crippen molar-refractivity contribution in [2.75, 3.05) is 13.7 Å². The van der Waals surface area contributed by atoms with Crippen LogP contribution in [0.4, 0.5) is 0 Å². The lowest BCUT2D eigenvalue weighted by Gasteiger charge is -2.30. The number of nitrogens with one attached hydrogen (secondary N) is 5. The van der Waals surface area contributed by atoms with Crippen LogP contribution in [0.5, 0.6) is 5.75 Å². The van der Waals surface area contributed by atoms with Crippen LogP contribution >= 0.6 is 0 Å². The van der Waals surface area contributed by atoms with E-state index in [4.69, 9.17) is 4.74 Å². The minimum absolute atomic E-state index is 0.0803. The lowest BCUT2D eigenvalue weighted by Crippen LogP contribution is -2.56. The number of rotatable bonds is 13. The van der Waals surface area contributed by atoms with Gasteiger partial charge in [-0.25, -0.2) is 0 Å². The number of aromatic nitrogens is 1. The Kier molecular flexibility index (Phi) is 10.2. The van der Waals surface area contributed by atoms with Gasteiger partial charge in [0.2, 0.25) is 11.8 Å². The van der Waals surface area contributed by atoms with Crippen LogP contribution in [-0.4, -0.2) is 54.5 Å². The molecule has 1 unspecified atom stereocenters. The topological polar surface area (TPSA) is 148 Å². The molecule has 2 heterocycles. The highest BCUT2D eigenvalue weighted by Gasteiger charge is 2.34. The van der Waals surface area contributed by atoms with Gasteiger partial charge in [0.25, 0.3) is 5.91 Å². The largest absolute Gasteiger partial charge is 0.496 e. The summed E-state index contributed by atoms with van der Waals surface area (Å²) >= 11 is 0. The summed E-state index contributed by atoms with van der Waals surface area (Å²) in [4.78, 5) is 42.7. The van der Waals surface area contributed by atoms with Gasteiger partial charge in [-0.05, 0) is 55.9 Å². The van der Waals surface area contributed by atoms with Crippen LogP contribution in [0.1, 0.15) is 62.1 Å². The molecule has 0 bridgehead atoms. The Labute approximate surface area is 246 Å². The fraction of sp³-hybridized carbons (Fsp3) is 0.438. The van der Waals surface area contributed by atoms with E-state index in [1.54, 1.807) is 13.2 Å². The summed E-state index contributed by atoms with van der Waals surface area (Å²) in [6.45, 7) is 6.47. The number of carbonyl (C=O) groups excluding carboxylic acids is 3. The number of H-pyrrole nitrogens is 1. The summed E-state index contributed by atoms with van der Waals surface area (Å²) in [5.74, 6) is -0.483. The zero-order valence-corrected chi connectivity index (χ0v) is 24.6. The van der Waals surface area contributed by atoms with E-state index >= 15 is 0 Å². The van der Waals surface area contributed by atoms with Gasteiger partial charge in [0.15, 0.2) is 0 Å². The van der Waals surface area contributed by atoms with Gasteiger partial charge in [0, 0.05) is 29.4 Å². The third-order valence-electron chi connectivity index (χ3n) is 7.72. The summed E-state index contributed by atoms with van der Waals surface area (Å²) in [6.07, 6.45) is 1.32. The van der Waals surface area contributed by atoms with E-state index in [-0.39, 0.29) is 23.8 Å². The zero-order chi connectivity index (χ0) is 30.2. The lowest BCUT2D eigenvalue weighted by molar-refractivity contribution is -0.126. The molecule has 1 saturated heterocycles. The molecule has 1 fully saturated rings. The predicted molar refractivity (Wildman–Crippen MR) is 161 cm³/mol. The van der Waals surface area contributed by atoms with Crippen LogP contribution in [0.3, 0.4) is 0 Å². The average molecular weight is 573 g/mol. The van der Waals surface area contributed by atoms with Crippen LogP contribution in [0, 0.1) is 23.2 Å². The maximum Gasteiger partial charge on any atom is 0.268 e. The fourth-order valence-corrected chi connectivity index (χ4v) is 5.46. The number of hydrogen-bond donors (Lipinski definition) is 5. The van der Waals surface area contributed by atoms with Gasteiger partial charge >= 0.3 is 0 Å². The number of nitrogens with zero attached hydrogens (tertiary/aromatic N) is 1. The first kappa shape index (κ1) is 30.6. The van der Waals surface area contributed by atoms with Crippen LogP contribution < -0.4 is 26.0 Å². The summed E-state index contributed by atoms with van der Waals surface area (Å²) in [6, 6.07) is 16.8. The van der Waals surface area contributed by atoms with Crippen LogP contribution in [0.2, 0.25) is 0 Å². The molecular weight excluding hydrogens is 532 g/mol. The van der Waals surface area contributed by atoms with E-state index in [2.05, 4.69) is 32.3 Å². The van der Waals surface area contributed by atoms with E-state index in [1.165, 1.54) is 0 Å². The van der Waals surface area contributed by atoms with E-state index in [0.29, 0.717) is 37.3 Å². The number of amides is 3. The number of aromatic amines is 1. The van der Waals surface area contributed by atoms with Crippen molar-refractivity contribution in [2.24, 2.45) is 11.8 Å². The highest BCUT2D eigenvalue weighted by molar-refractivity contribution is 6.01. The molecule has 10 heteroatoms. The van der Waals surface area contributed by atoms with Gasteiger partial charge in [-0.1, -0.05) is 50.2 Å². The second-order valence-electron chi connectivity index (χ2n) is 11.3. The minimum Gasteiger partial charge on any atom is -0.496 e. The predicted octanol–water partition coefficient (Wildman–Crippen LogP) is 3.57. The number of ether oxygens (including phenoxy) is 1. The first-order valence-corrected chi connectivity index (χ1v) is 14.4. The Morgan fingerprint density at radius 1 is 1.10 bits per heavy atom. The van der Waals surface area contributed by atoms with Crippen molar-refractivity contribution in [3.63, 3.8) is 0 Å². The minimum atomic E-state index is -0.850. The quantitative estimate of drug-likeness (QED) is 0.212. The van der Waals surface area contributed by atoms with Gasteiger partial charge in [-0.2, -0.15) is 5.26 Å². The summed E-state index contributed by atoms with van der Waals surface area (Å²) in [7, 11) is 1.57. The number of methoxy groups -OCH3 is 1. The number of nitriles is 1. The Hall–Kier alpha value is -4.36. The molecule has 222 valence electrons. The van der Waals surface area contributed by atoms with Crippen LogP contribution in [0.25, 0.3) is 10.9 Å². The van der Waals surface area contributed by atoms with Crippen molar-refractivity contribution in [3.05, 3.63) is 65.9 Å². The fourth-order valence-electron chi connectivity index (χ4n) is 5.46. The van der Waals surface area contributed by atoms with E-state index in [0.717, 1.165) is 16.5 Å². The summed E-state index contributed by atoms with van der Waals surface area (Å²) < 4.78 is 5.41. The first-order valence-electron chi connectivity index (χ1n) is 14.4. The third kappa shape index (κ3) is 7.47. The summed E-state index contributed by atoms with van der Waals surface area (Å²) in [5, 5.41) is 23.0. The molecule has 0 aliphatic carbocycles. The molecule has 3 aromatic rings. The van der Waals surface area contributed by atoms with E-state index in [1.807, 2.05) is 69.3 Å². The monoisotopic (exact) mass is 572 g/mol. The molecule has 2 aromatic carbocycles. The van der Waals surface area contributed by atoms with Crippen molar-refractivity contribution in [3.8, 4) is 11.8 Å². The second-order valence-corrected chi connectivity index (χ2v) is 11.3. The Bertz CT molecular complexity index is 1430. The zero-order valence-electron chi connectivity index (χ0n) is 24.6. The molecule has 1 aliphatic rings. The van der Waals surface area contributed by atoms with Gasteiger partial charge in [-0.15, -0.1) is 0 Å². The Morgan fingerprint density at radius 2 is 1.86 bits per heavy atom. The number of carbonyl (C=O) groups is 3. The van der Waals surface area contributed by atoms with Crippen molar-refractivity contribution >= 4 is 28.6 Å². The third-order valence-corrected chi connectivity index (χ3v) is 7.72. The van der Waals surface area contributed by atoms with Crippen molar-refractivity contribution in [2.45, 2.75) is 64.2 Å². The molecule has 0 spiro atoms. The molecule has 0 radical (unpaired) electrons. The molecule has 3 amide bonds. The van der Waals surface area contributed by atoms with E-state index in [9.17, 15) is 19.6 Å². The summed E-state index contributed by atoms with van der Waals surface area (Å²) in [5.41, 5.74) is 2.06. The molecule has 1 aliphatic heterocycles. The smallest absolute Gasteiger partial charge is 0.268 e. The van der Waals surface area contributed by atoms with Crippen molar-refractivity contribution in [1.82, 2.24) is 26.3 Å². The van der Waals surface area contributed by atoms with Crippen LogP contribution in [0.15, 0.2) is 54.6 Å². The van der Waals surface area contributed by atoms with Crippen molar-refractivity contribution in [1.29, 1.82) is 5.26 Å². The average Bonchev–Trinajstić information content (AvgIpc) is 3.61. The Morgan fingerprint density at radius 3 is 2.50 bits per heavy atom. The maximum atomic E-state index is 13.8. The SMILES string of the molecule is COc1cccc2[nH]c(C(=O)N[C@@H](CC(C)C)C(=O)N[C@@H](C[C@@H]3CCNC3=O)C(C#N)N[C@@H](C)c3ccccc3)cc12. The number of hydrogen-bond acceptors (Lipinski definition) is 6. The van der Waals surface area contributed by atoms with Gasteiger partial charge in [0.05, 0.1) is 19.2 Å². The maximum absolute atomic E-state index is 13.8. The van der Waals surface area contributed by atoms with Gasteiger partial charge < -0.3 is 25.7 Å². The molecule has 42 heavy (non-hydrogen) atoms. The second kappa shape index (κ2) is 14.0. The standard InChI is InChI=1S/C32H40N6O4/c1-19(2)15-26(38-32(41)27-17-23-24(36-27)11-8-12-29(23)42-4)31(40)37-25(16-22-13-14-34-30(22)39)28(18-33)35-20(3)21-9-6-5-7-10-21/h5-12,17,19-20,22,25-26,28,35-36H,13-16H2,1-4H3,(H,34,39)(H,37,40)(H,38,41)/t20-,22-,25-,26-,28?/m0/s1. The highest BCUT2D eigenvalue weighted by Crippen LogP contribution is 2.26. The van der Waals surface area contributed by atoms with Crippen molar-refractivity contribution < 1.29 is 19.1 Å². The first-order chi connectivity index (χ1) is 20.2. The van der Waals surface area contributed by atoms with Gasteiger partial charge in [-0.3, -0.25) is 19.7 Å².